The van der Waals surface area contributed by atoms with Crippen molar-refractivity contribution in [3.05, 3.63) is 48.5 Å². The number of amides is 2. The van der Waals surface area contributed by atoms with Crippen molar-refractivity contribution in [1.82, 2.24) is 10.0 Å². The van der Waals surface area contributed by atoms with Gasteiger partial charge in [-0.15, -0.1) is 0 Å². The van der Waals surface area contributed by atoms with Crippen molar-refractivity contribution in [2.75, 3.05) is 18.5 Å². The maximum atomic E-state index is 12.5. The number of hydrogen-bond acceptors (Lipinski definition) is 6. The number of rotatable bonds is 7. The summed E-state index contributed by atoms with van der Waals surface area (Å²) in [7, 11) is -3.91. The molecule has 2 aromatic rings. The van der Waals surface area contributed by atoms with E-state index in [0.717, 1.165) is 0 Å². The summed E-state index contributed by atoms with van der Waals surface area (Å²) in [6.07, 6.45) is -0.381. The minimum Gasteiger partial charge on any atom is -0.486 e. The number of carbonyl (C=O) groups is 2. The molecule has 2 aromatic carbocycles. The van der Waals surface area contributed by atoms with Crippen molar-refractivity contribution in [2.24, 2.45) is 0 Å². The van der Waals surface area contributed by atoms with E-state index in [0.29, 0.717) is 17.2 Å². The molecule has 0 saturated heterocycles. The number of fused-ring (bicyclic) bond motifs is 1. The standard InChI is InChI=1S/C20H23N3O6S/c1-13(23-30(26,27)17-9-7-15(8-10-17)22-14(2)24)20(25)21-11-16-12-28-18-5-3-4-6-19(18)29-16/h3-10,13,16,23H,11-12H2,1-2H3,(H,21,25)(H,22,24)/t13-,16-/m0/s1. The topological polar surface area (TPSA) is 123 Å². The van der Waals surface area contributed by atoms with Crippen LogP contribution in [0.1, 0.15) is 13.8 Å². The lowest BCUT2D eigenvalue weighted by Crippen LogP contribution is -2.48. The summed E-state index contributed by atoms with van der Waals surface area (Å²) in [5, 5.41) is 5.23. The Balaban J connectivity index is 1.52. The van der Waals surface area contributed by atoms with Gasteiger partial charge >= 0.3 is 0 Å². The van der Waals surface area contributed by atoms with Crippen LogP contribution in [0.3, 0.4) is 0 Å². The van der Waals surface area contributed by atoms with Gasteiger partial charge in [0.2, 0.25) is 21.8 Å². The van der Waals surface area contributed by atoms with E-state index >= 15 is 0 Å². The Morgan fingerprint density at radius 2 is 1.77 bits per heavy atom. The molecule has 3 rings (SSSR count). The predicted octanol–water partition coefficient (Wildman–Crippen LogP) is 1.27. The normalized spacial score (nSPS) is 16.4. The zero-order chi connectivity index (χ0) is 21.7. The summed E-state index contributed by atoms with van der Waals surface area (Å²) >= 11 is 0. The number of benzene rings is 2. The highest BCUT2D eigenvalue weighted by molar-refractivity contribution is 7.89. The van der Waals surface area contributed by atoms with Crippen LogP contribution in [0.15, 0.2) is 53.4 Å². The van der Waals surface area contributed by atoms with E-state index in [1.807, 2.05) is 12.1 Å². The third-order valence-corrected chi connectivity index (χ3v) is 5.84. The number of hydrogen-bond donors (Lipinski definition) is 3. The Labute approximate surface area is 174 Å². The van der Waals surface area contributed by atoms with Crippen LogP contribution in [0.5, 0.6) is 11.5 Å². The first-order valence-electron chi connectivity index (χ1n) is 9.31. The quantitative estimate of drug-likeness (QED) is 0.604. The van der Waals surface area contributed by atoms with E-state index in [-0.39, 0.29) is 30.1 Å². The molecule has 30 heavy (non-hydrogen) atoms. The molecule has 10 heteroatoms. The van der Waals surface area contributed by atoms with E-state index < -0.39 is 22.0 Å². The molecule has 1 aliphatic rings. The molecule has 0 bridgehead atoms. The second-order valence-corrected chi connectivity index (χ2v) is 8.51. The van der Waals surface area contributed by atoms with Crippen LogP contribution in [-0.2, 0) is 19.6 Å². The largest absolute Gasteiger partial charge is 0.486 e. The Morgan fingerprint density at radius 1 is 1.10 bits per heavy atom. The highest BCUT2D eigenvalue weighted by atomic mass is 32.2. The molecule has 0 saturated carbocycles. The average molecular weight is 433 g/mol. The fraction of sp³-hybridized carbons (Fsp3) is 0.300. The van der Waals surface area contributed by atoms with Gasteiger partial charge in [-0.25, -0.2) is 8.42 Å². The molecule has 3 N–H and O–H groups in total. The number of nitrogens with one attached hydrogen (secondary N) is 3. The second-order valence-electron chi connectivity index (χ2n) is 6.79. The zero-order valence-corrected chi connectivity index (χ0v) is 17.4. The fourth-order valence-electron chi connectivity index (χ4n) is 2.81. The number of para-hydroxylation sites is 2. The van der Waals surface area contributed by atoms with Crippen molar-refractivity contribution in [3.63, 3.8) is 0 Å². The first-order chi connectivity index (χ1) is 14.2. The molecular weight excluding hydrogens is 410 g/mol. The minimum atomic E-state index is -3.91. The van der Waals surface area contributed by atoms with E-state index in [9.17, 15) is 18.0 Å². The van der Waals surface area contributed by atoms with Crippen LogP contribution in [0.4, 0.5) is 5.69 Å². The summed E-state index contributed by atoms with van der Waals surface area (Å²) < 4.78 is 38.7. The molecule has 0 radical (unpaired) electrons. The molecule has 0 spiro atoms. The first-order valence-corrected chi connectivity index (χ1v) is 10.8. The molecule has 0 unspecified atom stereocenters. The van der Waals surface area contributed by atoms with Crippen LogP contribution < -0.4 is 24.8 Å². The highest BCUT2D eigenvalue weighted by Crippen LogP contribution is 2.30. The molecule has 0 aliphatic carbocycles. The van der Waals surface area contributed by atoms with Gasteiger partial charge in [0.25, 0.3) is 0 Å². The van der Waals surface area contributed by atoms with E-state index in [2.05, 4.69) is 15.4 Å². The van der Waals surface area contributed by atoms with Gasteiger partial charge in [-0.3, -0.25) is 9.59 Å². The van der Waals surface area contributed by atoms with Crippen molar-refractivity contribution >= 4 is 27.5 Å². The molecule has 160 valence electrons. The Morgan fingerprint density at radius 3 is 2.43 bits per heavy atom. The van der Waals surface area contributed by atoms with Crippen LogP contribution >= 0.6 is 0 Å². The Hall–Kier alpha value is -3.11. The SMILES string of the molecule is CC(=O)Nc1ccc(S(=O)(=O)N[C@@H](C)C(=O)NC[C@H]2COc3ccccc3O2)cc1. The Bertz CT molecular complexity index is 1020. The molecule has 9 nitrogen and oxygen atoms in total. The van der Waals surface area contributed by atoms with Gasteiger partial charge in [0, 0.05) is 12.6 Å². The van der Waals surface area contributed by atoms with Crippen LogP contribution in [0.25, 0.3) is 0 Å². The molecular formula is C20H23N3O6S. The average Bonchev–Trinajstić information content (AvgIpc) is 2.71. The smallest absolute Gasteiger partial charge is 0.241 e. The lowest BCUT2D eigenvalue weighted by molar-refractivity contribution is -0.122. The number of ether oxygens (including phenoxy) is 2. The third-order valence-electron chi connectivity index (χ3n) is 4.28. The number of sulfonamides is 1. The molecule has 1 heterocycles. The molecule has 0 fully saturated rings. The van der Waals surface area contributed by atoms with Crippen molar-refractivity contribution in [2.45, 2.75) is 30.9 Å². The van der Waals surface area contributed by atoms with Gasteiger partial charge in [-0.05, 0) is 43.3 Å². The molecule has 2 atom stereocenters. The zero-order valence-electron chi connectivity index (χ0n) is 16.5. The van der Waals surface area contributed by atoms with Gasteiger partial charge in [0.05, 0.1) is 17.5 Å². The van der Waals surface area contributed by atoms with E-state index in [1.165, 1.54) is 38.1 Å². The lowest BCUT2D eigenvalue weighted by atomic mass is 10.2. The maximum absolute atomic E-state index is 12.5. The molecule has 2 amide bonds. The van der Waals surface area contributed by atoms with Crippen molar-refractivity contribution in [1.29, 1.82) is 0 Å². The van der Waals surface area contributed by atoms with Crippen molar-refractivity contribution in [3.8, 4) is 11.5 Å². The van der Waals surface area contributed by atoms with Gasteiger partial charge < -0.3 is 20.1 Å². The lowest BCUT2D eigenvalue weighted by Gasteiger charge is -2.27. The first kappa shape index (κ1) is 21.6. The monoisotopic (exact) mass is 433 g/mol. The van der Waals surface area contributed by atoms with Gasteiger partial charge in [0.15, 0.2) is 11.5 Å². The fourth-order valence-corrected chi connectivity index (χ4v) is 4.01. The predicted molar refractivity (Wildman–Crippen MR) is 110 cm³/mol. The number of anilines is 1. The summed E-state index contributed by atoms with van der Waals surface area (Å²) in [5.74, 6) is 0.492. The summed E-state index contributed by atoms with van der Waals surface area (Å²) in [6.45, 7) is 3.25. The van der Waals surface area contributed by atoms with Crippen LogP contribution in [0, 0.1) is 0 Å². The van der Waals surface area contributed by atoms with Crippen LogP contribution in [-0.4, -0.2) is 45.5 Å². The second kappa shape index (κ2) is 9.14. The van der Waals surface area contributed by atoms with Gasteiger partial charge in [0.1, 0.15) is 12.7 Å². The van der Waals surface area contributed by atoms with Crippen LogP contribution in [0.2, 0.25) is 0 Å². The van der Waals surface area contributed by atoms with E-state index in [4.69, 9.17) is 9.47 Å². The van der Waals surface area contributed by atoms with Crippen molar-refractivity contribution < 1.29 is 27.5 Å². The number of carbonyl (C=O) groups excluding carboxylic acids is 2. The van der Waals surface area contributed by atoms with Gasteiger partial charge in [-0.1, -0.05) is 12.1 Å². The third kappa shape index (κ3) is 5.49. The maximum Gasteiger partial charge on any atom is 0.241 e. The summed E-state index contributed by atoms with van der Waals surface area (Å²) in [5.41, 5.74) is 0.475. The molecule has 0 aromatic heterocycles. The summed E-state index contributed by atoms with van der Waals surface area (Å²) in [4.78, 5) is 23.4. The Kier molecular flexibility index (Phi) is 6.58. The highest BCUT2D eigenvalue weighted by Gasteiger charge is 2.25. The van der Waals surface area contributed by atoms with Gasteiger partial charge in [-0.2, -0.15) is 4.72 Å². The van der Waals surface area contributed by atoms with E-state index in [1.54, 1.807) is 12.1 Å². The molecule has 1 aliphatic heterocycles. The minimum absolute atomic E-state index is 0.0168. The summed E-state index contributed by atoms with van der Waals surface area (Å²) in [6, 6.07) is 11.9.